The SMILES string of the molecule is Clc1c(Cl)c(Cl)[c-](Cl)c1Cl.Clc1c(Cl)c(Cl)[c-](Cl)c1Cl.[Fe]. The van der Waals surface area contributed by atoms with Gasteiger partial charge in [-0.1, -0.05) is 20.1 Å². The second-order valence-electron chi connectivity index (χ2n) is 3.14. The number of rotatable bonds is 0. The molecule has 0 saturated carbocycles. The molecule has 0 N–H and O–H groups in total. The van der Waals surface area contributed by atoms with Gasteiger partial charge in [-0.05, 0) is 30.1 Å². The first-order valence-corrected chi connectivity index (χ1v) is 8.17. The van der Waals surface area contributed by atoms with Crippen molar-refractivity contribution in [2.24, 2.45) is 0 Å². The average molecular weight is 530 g/mol. The van der Waals surface area contributed by atoms with E-state index in [1.165, 1.54) is 0 Å². The Balaban J connectivity index is 0.000000364. The van der Waals surface area contributed by atoms with Crippen LogP contribution in [-0.4, -0.2) is 0 Å². The van der Waals surface area contributed by atoms with Crippen molar-refractivity contribution in [1.29, 1.82) is 0 Å². The normalized spacial score (nSPS) is 10.0. The van der Waals surface area contributed by atoms with Crippen LogP contribution in [0, 0.1) is 0 Å². The van der Waals surface area contributed by atoms with E-state index in [0.717, 1.165) is 0 Å². The molecule has 0 aromatic heterocycles. The maximum atomic E-state index is 5.57. The van der Waals surface area contributed by atoms with Crippen molar-refractivity contribution in [2.75, 3.05) is 0 Å². The zero-order valence-corrected chi connectivity index (χ0v) is 17.8. The molecule has 21 heavy (non-hydrogen) atoms. The van der Waals surface area contributed by atoms with Crippen LogP contribution in [0.5, 0.6) is 0 Å². The Morgan fingerprint density at radius 2 is 0.571 bits per heavy atom. The smallest absolute Gasteiger partial charge is 0 e. The molecule has 2 aromatic rings. The van der Waals surface area contributed by atoms with Gasteiger partial charge in [0.2, 0.25) is 0 Å². The summed E-state index contributed by atoms with van der Waals surface area (Å²) < 4.78 is 0. The molecule has 0 spiro atoms. The minimum absolute atomic E-state index is 0. The maximum absolute atomic E-state index is 5.57. The number of hydrogen-bond donors (Lipinski definition) is 0. The zero-order chi connectivity index (χ0) is 15.8. The predicted octanol–water partition coefficient (Wildman–Crippen LogP) is 9.34. The minimum atomic E-state index is 0. The van der Waals surface area contributed by atoms with Crippen molar-refractivity contribution >= 4 is 116 Å². The van der Waals surface area contributed by atoms with Gasteiger partial charge < -0.3 is 0 Å². The van der Waals surface area contributed by atoms with Gasteiger partial charge >= 0.3 is 0 Å². The molecular formula is C10Cl10Fe-2. The Hall–Kier alpha value is 2.12. The maximum Gasteiger partial charge on any atom is 0 e. The van der Waals surface area contributed by atoms with E-state index in [1.807, 2.05) is 0 Å². The van der Waals surface area contributed by atoms with E-state index >= 15 is 0 Å². The van der Waals surface area contributed by atoms with Crippen LogP contribution in [0.25, 0.3) is 0 Å². The predicted molar refractivity (Wildman–Crippen MR) is 94.2 cm³/mol. The standard InChI is InChI=1S/2C5Cl5.Fe/c2*6-1-2(7)4(9)5(10)3(1)8;/q2*-1;. The first-order valence-electron chi connectivity index (χ1n) is 4.39. The minimum Gasteiger partial charge on any atom is -0.177 e. The zero-order valence-electron chi connectivity index (χ0n) is 9.13. The Morgan fingerprint density at radius 3 is 0.619 bits per heavy atom. The second kappa shape index (κ2) is 9.56. The molecule has 0 unspecified atom stereocenters. The van der Waals surface area contributed by atoms with E-state index < -0.39 is 0 Å². The molecular weight excluding hydrogens is 530 g/mol. The largest absolute Gasteiger partial charge is 0.177 e. The molecule has 0 fully saturated rings. The van der Waals surface area contributed by atoms with Crippen LogP contribution in [0.15, 0.2) is 0 Å². The molecule has 2 rings (SSSR count). The van der Waals surface area contributed by atoms with Crippen LogP contribution >= 0.6 is 116 Å². The summed E-state index contributed by atoms with van der Waals surface area (Å²) in [5, 5.41) is 2.07. The number of hydrogen-bond acceptors (Lipinski definition) is 0. The molecule has 0 amide bonds. The molecule has 0 aliphatic heterocycles. The van der Waals surface area contributed by atoms with Crippen LogP contribution in [0.4, 0.5) is 0 Å². The summed E-state index contributed by atoms with van der Waals surface area (Å²) in [6.45, 7) is 0. The van der Waals surface area contributed by atoms with E-state index in [9.17, 15) is 0 Å². The van der Waals surface area contributed by atoms with E-state index in [4.69, 9.17) is 116 Å². The summed E-state index contributed by atoms with van der Waals surface area (Å²) in [7, 11) is 0. The molecule has 0 saturated heterocycles. The Labute approximate surface area is 181 Å². The summed E-state index contributed by atoms with van der Waals surface area (Å²) in [5.41, 5.74) is 0. The van der Waals surface area contributed by atoms with Gasteiger partial charge in [0.1, 0.15) is 0 Å². The average Bonchev–Trinajstić information content (AvgIpc) is 2.71. The topological polar surface area (TPSA) is 0 Å². The fourth-order valence-electron chi connectivity index (χ4n) is 0.964. The third kappa shape index (κ3) is 5.05. The van der Waals surface area contributed by atoms with Crippen molar-refractivity contribution in [3.8, 4) is 0 Å². The molecule has 0 bridgehead atoms. The second-order valence-corrected chi connectivity index (χ2v) is 6.92. The van der Waals surface area contributed by atoms with Crippen LogP contribution < -0.4 is 0 Å². The summed E-state index contributed by atoms with van der Waals surface area (Å²) in [6, 6.07) is 0. The van der Waals surface area contributed by atoms with Crippen molar-refractivity contribution in [3.63, 3.8) is 0 Å². The van der Waals surface area contributed by atoms with E-state index in [1.54, 1.807) is 0 Å². The molecule has 120 valence electrons. The molecule has 0 atom stereocenters. The van der Waals surface area contributed by atoms with E-state index in [0.29, 0.717) is 0 Å². The van der Waals surface area contributed by atoms with E-state index in [-0.39, 0.29) is 67.3 Å². The van der Waals surface area contributed by atoms with Crippen LogP contribution in [0.1, 0.15) is 0 Å². The third-order valence-electron chi connectivity index (χ3n) is 1.93. The van der Waals surface area contributed by atoms with Gasteiger partial charge in [0.05, 0.1) is 0 Å². The van der Waals surface area contributed by atoms with Crippen LogP contribution in [0.2, 0.25) is 50.2 Å². The van der Waals surface area contributed by atoms with Gasteiger partial charge in [-0.15, -0.1) is 46.4 Å². The fraction of sp³-hybridized carbons (Fsp3) is 0. The third-order valence-corrected chi connectivity index (χ3v) is 6.67. The van der Waals surface area contributed by atoms with Crippen LogP contribution in [-0.2, 0) is 17.1 Å². The van der Waals surface area contributed by atoms with Crippen molar-refractivity contribution in [2.45, 2.75) is 0 Å². The molecule has 0 nitrogen and oxygen atoms in total. The van der Waals surface area contributed by atoms with Gasteiger partial charge in [-0.3, -0.25) is 0 Å². The van der Waals surface area contributed by atoms with Gasteiger partial charge in [0.25, 0.3) is 0 Å². The Bertz CT molecular complexity index is 424. The Kier molecular flexibility index (Phi) is 10.5. The molecule has 0 radical (unpaired) electrons. The van der Waals surface area contributed by atoms with Crippen LogP contribution in [0.3, 0.4) is 0 Å². The molecule has 0 aliphatic rings. The van der Waals surface area contributed by atoms with Crippen molar-refractivity contribution in [1.82, 2.24) is 0 Å². The summed E-state index contributed by atoms with van der Waals surface area (Å²) in [4.78, 5) is 0. The quantitative estimate of drug-likeness (QED) is 0.235. The van der Waals surface area contributed by atoms with Gasteiger partial charge in [-0.2, -0.15) is 69.6 Å². The monoisotopic (exact) mass is 526 g/mol. The van der Waals surface area contributed by atoms with E-state index in [2.05, 4.69) is 0 Å². The van der Waals surface area contributed by atoms with Crippen molar-refractivity contribution in [3.05, 3.63) is 50.2 Å². The fourth-order valence-corrected chi connectivity index (χ4v) is 3.34. The van der Waals surface area contributed by atoms with Gasteiger partial charge in [0, 0.05) is 17.1 Å². The first kappa shape index (κ1) is 23.1. The number of halogens is 10. The summed E-state index contributed by atoms with van der Waals surface area (Å²) >= 11 is 55.7. The molecule has 2 aromatic carbocycles. The van der Waals surface area contributed by atoms with Gasteiger partial charge in [0.15, 0.2) is 0 Å². The molecule has 0 aliphatic carbocycles. The van der Waals surface area contributed by atoms with Gasteiger partial charge in [-0.25, -0.2) is 0 Å². The summed E-state index contributed by atoms with van der Waals surface area (Å²) in [6.07, 6.45) is 0. The first-order chi connectivity index (χ1) is 9.11. The summed E-state index contributed by atoms with van der Waals surface area (Å²) in [5.74, 6) is 0. The molecule has 0 heterocycles. The van der Waals surface area contributed by atoms with Crippen molar-refractivity contribution < 1.29 is 17.1 Å². The Morgan fingerprint density at radius 1 is 0.429 bits per heavy atom. The molecule has 11 heteroatoms.